The van der Waals surface area contributed by atoms with Gasteiger partial charge < -0.3 is 5.32 Å². The number of sulfonamides is 1. The molecule has 0 saturated heterocycles. The first-order valence-electron chi connectivity index (χ1n) is 8.83. The largest absolute Gasteiger partial charge is 0.325 e. The van der Waals surface area contributed by atoms with Crippen LogP contribution in [0.1, 0.15) is 5.56 Å². The molecule has 0 atom stereocenters. The summed E-state index contributed by atoms with van der Waals surface area (Å²) in [6.45, 7) is 0. The molecule has 9 heteroatoms. The maximum absolute atomic E-state index is 13.0. The van der Waals surface area contributed by atoms with Crippen LogP contribution in [-0.2, 0) is 20.6 Å². The van der Waals surface area contributed by atoms with Gasteiger partial charge in [-0.3, -0.25) is 9.52 Å². The fraction of sp³-hybridized carbons (Fsp3) is 0.0952. The predicted molar refractivity (Wildman–Crippen MR) is 123 cm³/mol. The molecule has 0 aromatic heterocycles. The van der Waals surface area contributed by atoms with Crippen LogP contribution in [0.5, 0.6) is 0 Å². The number of thioether (sulfide) groups is 1. The Morgan fingerprint density at radius 2 is 1.57 bits per heavy atom. The number of rotatable bonds is 8. The highest BCUT2D eigenvalue weighted by atomic mass is 79.9. The molecule has 0 aliphatic rings. The summed E-state index contributed by atoms with van der Waals surface area (Å²) in [5, 5.41) is 2.75. The van der Waals surface area contributed by atoms with Crippen LogP contribution in [0.15, 0.2) is 82.2 Å². The number of benzene rings is 3. The third-order valence-electron chi connectivity index (χ3n) is 3.99. The van der Waals surface area contributed by atoms with Gasteiger partial charge in [0.1, 0.15) is 5.82 Å². The molecule has 30 heavy (non-hydrogen) atoms. The molecule has 2 N–H and O–H groups in total. The van der Waals surface area contributed by atoms with Crippen molar-refractivity contribution in [2.24, 2.45) is 0 Å². The summed E-state index contributed by atoms with van der Waals surface area (Å²) in [7, 11) is -3.81. The standard InChI is InChI=1S/C21H18BrFN2O3S2/c22-20-4-2-1-3-15(20)13-29-14-21(26)24-17-9-11-19(12-10-17)30(27,28)25-18-7-5-16(23)6-8-18/h1-12,25H,13-14H2,(H,24,26). The highest BCUT2D eigenvalue weighted by molar-refractivity contribution is 9.10. The van der Waals surface area contributed by atoms with E-state index < -0.39 is 15.8 Å². The minimum absolute atomic E-state index is 0.0353. The van der Waals surface area contributed by atoms with Gasteiger partial charge in [0, 0.05) is 21.6 Å². The van der Waals surface area contributed by atoms with Crippen molar-refractivity contribution in [2.45, 2.75) is 10.6 Å². The van der Waals surface area contributed by atoms with Crippen molar-refractivity contribution in [3.05, 3.63) is 88.6 Å². The van der Waals surface area contributed by atoms with Crippen LogP contribution < -0.4 is 10.0 Å². The first-order valence-corrected chi connectivity index (χ1v) is 12.3. The molecule has 0 aliphatic heterocycles. The monoisotopic (exact) mass is 508 g/mol. The zero-order chi connectivity index (χ0) is 21.6. The zero-order valence-corrected chi connectivity index (χ0v) is 18.9. The third-order valence-corrected chi connectivity index (χ3v) is 7.15. The van der Waals surface area contributed by atoms with Crippen LogP contribution >= 0.6 is 27.7 Å². The third kappa shape index (κ3) is 6.32. The van der Waals surface area contributed by atoms with E-state index in [2.05, 4.69) is 26.0 Å². The molecular weight excluding hydrogens is 491 g/mol. The van der Waals surface area contributed by atoms with E-state index in [1.54, 1.807) is 0 Å². The van der Waals surface area contributed by atoms with E-state index in [0.717, 1.165) is 10.0 Å². The number of carbonyl (C=O) groups excluding carboxylic acids is 1. The number of anilines is 2. The maximum Gasteiger partial charge on any atom is 0.261 e. The minimum atomic E-state index is -3.81. The quantitative estimate of drug-likeness (QED) is 0.435. The highest BCUT2D eigenvalue weighted by Crippen LogP contribution is 2.22. The van der Waals surface area contributed by atoms with E-state index in [1.807, 2.05) is 24.3 Å². The molecule has 3 rings (SSSR count). The van der Waals surface area contributed by atoms with Gasteiger partial charge in [0.25, 0.3) is 10.0 Å². The average molecular weight is 509 g/mol. The summed E-state index contributed by atoms with van der Waals surface area (Å²) in [4.78, 5) is 12.2. The lowest BCUT2D eigenvalue weighted by Gasteiger charge is -2.10. The van der Waals surface area contributed by atoms with E-state index in [4.69, 9.17) is 0 Å². The van der Waals surface area contributed by atoms with Crippen molar-refractivity contribution < 1.29 is 17.6 Å². The van der Waals surface area contributed by atoms with Crippen molar-refractivity contribution in [2.75, 3.05) is 15.8 Å². The summed E-state index contributed by atoms with van der Waals surface area (Å²) in [6.07, 6.45) is 0. The van der Waals surface area contributed by atoms with Crippen LogP contribution in [0.2, 0.25) is 0 Å². The van der Waals surface area contributed by atoms with Gasteiger partial charge in [-0.15, -0.1) is 11.8 Å². The van der Waals surface area contributed by atoms with Crippen molar-refractivity contribution in [3.8, 4) is 0 Å². The maximum atomic E-state index is 13.0. The predicted octanol–water partition coefficient (Wildman–Crippen LogP) is 5.26. The number of halogens is 2. The summed E-state index contributed by atoms with van der Waals surface area (Å²) in [5.74, 6) is 0.342. The Hall–Kier alpha value is -2.36. The average Bonchev–Trinajstić information content (AvgIpc) is 2.71. The number of amides is 1. The fourth-order valence-corrected chi connectivity index (χ4v) is 5.02. The second-order valence-corrected chi connectivity index (χ2v) is 9.79. The molecule has 0 bridgehead atoms. The summed E-state index contributed by atoms with van der Waals surface area (Å²) in [6, 6.07) is 18.7. The molecule has 3 aromatic rings. The van der Waals surface area contributed by atoms with Gasteiger partial charge in [0.15, 0.2) is 0 Å². The Bertz CT molecular complexity index is 1120. The summed E-state index contributed by atoms with van der Waals surface area (Å²) >= 11 is 4.96. The van der Waals surface area contributed by atoms with Crippen LogP contribution in [-0.4, -0.2) is 20.1 Å². The minimum Gasteiger partial charge on any atom is -0.325 e. The first kappa shape index (κ1) is 22.3. The normalized spacial score (nSPS) is 11.1. The summed E-state index contributed by atoms with van der Waals surface area (Å²) < 4.78 is 41.2. The molecule has 0 radical (unpaired) electrons. The van der Waals surface area contributed by atoms with Crippen molar-refractivity contribution >= 4 is 55.0 Å². The van der Waals surface area contributed by atoms with Crippen LogP contribution in [0.4, 0.5) is 15.8 Å². The Balaban J connectivity index is 1.54. The topological polar surface area (TPSA) is 75.3 Å². The molecular formula is C21H18BrFN2O3S2. The fourth-order valence-electron chi connectivity index (χ4n) is 2.52. The lowest BCUT2D eigenvalue weighted by atomic mass is 10.2. The van der Waals surface area contributed by atoms with Crippen molar-refractivity contribution in [3.63, 3.8) is 0 Å². The second kappa shape index (κ2) is 10.1. The Labute approximate surface area is 187 Å². The molecule has 156 valence electrons. The summed E-state index contributed by atoms with van der Waals surface area (Å²) in [5.41, 5.74) is 1.87. The second-order valence-electron chi connectivity index (χ2n) is 6.27. The Kier molecular flexibility index (Phi) is 7.52. The number of hydrogen-bond acceptors (Lipinski definition) is 4. The van der Waals surface area contributed by atoms with E-state index in [1.165, 1.54) is 60.3 Å². The zero-order valence-electron chi connectivity index (χ0n) is 15.6. The lowest BCUT2D eigenvalue weighted by Crippen LogP contribution is -2.15. The van der Waals surface area contributed by atoms with Gasteiger partial charge in [0.2, 0.25) is 5.91 Å². The molecule has 0 fully saturated rings. The molecule has 3 aromatic carbocycles. The van der Waals surface area contributed by atoms with Crippen LogP contribution in [0, 0.1) is 5.82 Å². The molecule has 0 saturated carbocycles. The molecule has 5 nitrogen and oxygen atoms in total. The first-order chi connectivity index (χ1) is 14.3. The molecule has 0 aliphatic carbocycles. The Morgan fingerprint density at radius 1 is 0.933 bits per heavy atom. The number of hydrogen-bond donors (Lipinski definition) is 2. The lowest BCUT2D eigenvalue weighted by molar-refractivity contribution is -0.113. The van der Waals surface area contributed by atoms with Crippen LogP contribution in [0.3, 0.4) is 0 Å². The number of carbonyl (C=O) groups is 1. The number of nitrogens with one attached hydrogen (secondary N) is 2. The van der Waals surface area contributed by atoms with E-state index in [0.29, 0.717) is 11.4 Å². The van der Waals surface area contributed by atoms with E-state index >= 15 is 0 Å². The van der Waals surface area contributed by atoms with E-state index in [9.17, 15) is 17.6 Å². The van der Waals surface area contributed by atoms with Gasteiger partial charge >= 0.3 is 0 Å². The smallest absolute Gasteiger partial charge is 0.261 e. The molecule has 1 amide bonds. The van der Waals surface area contributed by atoms with Crippen molar-refractivity contribution in [1.82, 2.24) is 0 Å². The molecule has 0 heterocycles. The van der Waals surface area contributed by atoms with Gasteiger partial charge in [-0.1, -0.05) is 34.1 Å². The highest BCUT2D eigenvalue weighted by Gasteiger charge is 2.14. The molecule has 0 unspecified atom stereocenters. The van der Waals surface area contributed by atoms with Gasteiger partial charge in [0.05, 0.1) is 10.6 Å². The SMILES string of the molecule is O=C(CSCc1ccccc1Br)Nc1ccc(S(=O)(=O)Nc2ccc(F)cc2)cc1. The van der Waals surface area contributed by atoms with Crippen molar-refractivity contribution in [1.29, 1.82) is 0 Å². The van der Waals surface area contributed by atoms with Crippen LogP contribution in [0.25, 0.3) is 0 Å². The van der Waals surface area contributed by atoms with E-state index in [-0.39, 0.29) is 22.2 Å². The van der Waals surface area contributed by atoms with Gasteiger partial charge in [-0.25, -0.2) is 12.8 Å². The molecule has 0 spiro atoms. The van der Waals surface area contributed by atoms with Gasteiger partial charge in [-0.2, -0.15) is 0 Å². The Morgan fingerprint density at radius 3 is 2.23 bits per heavy atom. The van der Waals surface area contributed by atoms with Gasteiger partial charge in [-0.05, 0) is 60.2 Å².